The van der Waals surface area contributed by atoms with Gasteiger partial charge in [-0.2, -0.15) is 0 Å². The third kappa shape index (κ3) is 7.22. The van der Waals surface area contributed by atoms with Gasteiger partial charge in [0.2, 0.25) is 0 Å². The summed E-state index contributed by atoms with van der Waals surface area (Å²) in [5, 5.41) is 129. The maximum absolute atomic E-state index is 12.5. The van der Waals surface area contributed by atoms with Crippen molar-refractivity contribution in [3.05, 3.63) is 0 Å². The van der Waals surface area contributed by atoms with Crippen molar-refractivity contribution >= 4 is 0 Å². The molecule has 0 aromatic carbocycles. The Kier molecular flexibility index (Phi) is 12.9. The maximum atomic E-state index is 12.5. The Bertz CT molecular complexity index is 1770. The van der Waals surface area contributed by atoms with E-state index in [4.69, 9.17) is 33.2 Å². The predicted octanol–water partition coefficient (Wildman–Crippen LogP) is -1.45. The number of aliphatic hydroxyl groups excluding tert-OH is 12. The van der Waals surface area contributed by atoms with Crippen LogP contribution in [0.5, 0.6) is 0 Å². The first-order valence-corrected chi connectivity index (χ1v) is 24.4. The summed E-state index contributed by atoms with van der Waals surface area (Å²) in [7, 11) is 0. The fourth-order valence-electron chi connectivity index (χ4n) is 16.6. The van der Waals surface area contributed by atoms with E-state index < -0.39 is 151 Å². The highest BCUT2D eigenvalue weighted by Gasteiger charge is 2.85. The highest BCUT2D eigenvalue weighted by atomic mass is 16.7. The summed E-state index contributed by atoms with van der Waals surface area (Å²) in [6.07, 6.45) is -16.6. The summed E-state index contributed by atoms with van der Waals surface area (Å²) in [5.74, 6) is -0.543. The summed E-state index contributed by atoms with van der Waals surface area (Å²) in [6.45, 7) is 13.2. The van der Waals surface area contributed by atoms with E-state index in [1.54, 1.807) is 0 Å². The Balaban J connectivity index is 1.01. The minimum Gasteiger partial charge on any atom is -0.394 e. The molecule has 4 saturated heterocycles. The highest BCUT2D eigenvalue weighted by molar-refractivity contribution is 5.33. The zero-order valence-electron chi connectivity index (χ0n) is 39.3. The van der Waals surface area contributed by atoms with Crippen LogP contribution in [0.2, 0.25) is 0 Å². The molecule has 0 bridgehead atoms. The fraction of sp³-hybridized carbons (Fsp3) is 1.00. The number of ether oxygens (including phenoxy) is 7. The third-order valence-corrected chi connectivity index (χ3v) is 19.8. The van der Waals surface area contributed by atoms with Gasteiger partial charge in [0.15, 0.2) is 18.9 Å². The Hall–Kier alpha value is -0.760. The van der Waals surface area contributed by atoms with Gasteiger partial charge in [0.1, 0.15) is 67.1 Å². The second-order valence-electron chi connectivity index (χ2n) is 23.8. The molecular weight excluding hydrogens is 868 g/mol. The molecule has 0 amide bonds. The normalized spacial score (nSPS) is 58.7. The lowest BCUT2D eigenvalue weighted by atomic mass is 9.41. The van der Waals surface area contributed by atoms with Crippen LogP contribution in [0.15, 0.2) is 0 Å². The van der Waals surface area contributed by atoms with Crippen LogP contribution in [0.3, 0.4) is 0 Å². The van der Waals surface area contributed by atoms with Gasteiger partial charge in [0, 0.05) is 5.92 Å². The van der Waals surface area contributed by atoms with Crippen molar-refractivity contribution in [2.24, 2.45) is 44.8 Å². The second-order valence-corrected chi connectivity index (χ2v) is 23.8. The van der Waals surface area contributed by atoms with Gasteiger partial charge in [-0.05, 0) is 117 Å². The summed E-state index contributed by atoms with van der Waals surface area (Å²) in [5.41, 5.74) is -3.84. The quantitative estimate of drug-likeness (QED) is 0.118. The zero-order valence-corrected chi connectivity index (χ0v) is 39.3. The second kappa shape index (κ2) is 16.9. The Morgan fingerprint density at radius 1 is 0.530 bits per heavy atom. The molecule has 0 aromatic heterocycles. The topological polar surface area (TPSA) is 307 Å². The largest absolute Gasteiger partial charge is 0.394 e. The van der Waals surface area contributed by atoms with Gasteiger partial charge in [0.25, 0.3) is 0 Å². The Morgan fingerprint density at radius 3 is 1.68 bits per heavy atom. The van der Waals surface area contributed by atoms with Crippen LogP contribution in [-0.2, 0) is 33.2 Å². The molecule has 5 unspecified atom stereocenters. The molecular formula is C47H78O19. The average Bonchev–Trinajstić information content (AvgIpc) is 3.85. The number of aliphatic hydroxyl groups is 12. The van der Waals surface area contributed by atoms with E-state index in [-0.39, 0.29) is 35.2 Å². The lowest BCUT2D eigenvalue weighted by Gasteiger charge is -2.66. The molecule has 5 aliphatic carbocycles. The third-order valence-electron chi connectivity index (χ3n) is 19.8. The van der Waals surface area contributed by atoms with E-state index in [9.17, 15) is 61.3 Å². The summed E-state index contributed by atoms with van der Waals surface area (Å²) in [6, 6.07) is 0. The standard InChI is InChI=1S/C47H78O19/c1-41(2)26(64-38-33(57)28(52)21(51)18-60-38)9-11-47-19-46(47)13-12-43(5)36(45(7)10-8-27(42(3,4)66-45)65-40-35(59)32(56)30(54)24(17-49)63-40)20(50)15-44(43,6)25(46)14-22(37(41)47)61-39-34(58)31(55)29(53)23(16-48)62-39/h20-40,48-59H,8-19H2,1-7H3/t20?,21-,22+,23-,24-,25?,26+,27+,28+,29-,30?,31+,32+,33-,34-,35-,36?,37?,38+,39-,40+,43-,44+,45-,46+,47-/m1/s1. The van der Waals surface area contributed by atoms with Gasteiger partial charge in [0.05, 0.1) is 55.4 Å². The van der Waals surface area contributed by atoms with Crippen LogP contribution in [0, 0.1) is 44.8 Å². The Morgan fingerprint density at radius 2 is 1.09 bits per heavy atom. The first-order valence-electron chi connectivity index (χ1n) is 24.4. The van der Waals surface area contributed by atoms with Crippen molar-refractivity contribution in [2.75, 3.05) is 19.8 Å². The molecule has 380 valence electrons. The zero-order chi connectivity index (χ0) is 48.1. The van der Waals surface area contributed by atoms with E-state index in [0.29, 0.717) is 32.1 Å². The van der Waals surface area contributed by atoms with Crippen LogP contribution >= 0.6 is 0 Å². The summed E-state index contributed by atoms with van der Waals surface area (Å²) >= 11 is 0. The van der Waals surface area contributed by atoms with Crippen molar-refractivity contribution in [2.45, 2.75) is 228 Å². The highest BCUT2D eigenvalue weighted by Crippen LogP contribution is 2.89. The first kappa shape index (κ1) is 50.2. The molecule has 12 N–H and O–H groups in total. The lowest BCUT2D eigenvalue weighted by Crippen LogP contribution is -2.66. The van der Waals surface area contributed by atoms with E-state index in [1.807, 2.05) is 13.8 Å². The van der Waals surface area contributed by atoms with Crippen molar-refractivity contribution in [1.82, 2.24) is 0 Å². The molecule has 19 nitrogen and oxygen atoms in total. The molecule has 66 heavy (non-hydrogen) atoms. The SMILES string of the molecule is CC1(C)O[C@@](C)(C2C(O)C[C@@]3(C)C4C[C@H](O[C@@H]5O[C@H](CO)[C@@H](O)[C@H](O)[C@H]5O)C5C(C)(C)[C@@H](O[C@@H]6OC[C@@H](O)[C@H](O)[C@H]6O)CC[C@@]56C[C@@]46CC[C@]23C)CC[C@@H]1O[C@@H]1O[C@H](CO)C(O)[C@H](O)[C@H]1O. The van der Waals surface area contributed by atoms with Gasteiger partial charge in [-0.15, -0.1) is 0 Å². The average molecular weight is 947 g/mol. The monoisotopic (exact) mass is 947 g/mol. The fourth-order valence-corrected chi connectivity index (χ4v) is 16.6. The molecule has 2 spiro atoms. The molecule has 5 saturated carbocycles. The number of hydrogen-bond donors (Lipinski definition) is 12. The van der Waals surface area contributed by atoms with Crippen LogP contribution in [0.1, 0.15) is 106 Å². The van der Waals surface area contributed by atoms with Crippen LogP contribution in [0.25, 0.3) is 0 Å². The van der Waals surface area contributed by atoms with Crippen molar-refractivity contribution in [3.8, 4) is 0 Å². The summed E-state index contributed by atoms with van der Waals surface area (Å²) < 4.78 is 44.4. The van der Waals surface area contributed by atoms with Crippen molar-refractivity contribution in [3.63, 3.8) is 0 Å². The van der Waals surface area contributed by atoms with Crippen molar-refractivity contribution < 1.29 is 94.4 Å². The molecule has 26 atom stereocenters. The number of fused-ring (bicyclic) bond motifs is 2. The molecule has 9 aliphatic rings. The minimum absolute atomic E-state index is 0.00501. The molecule has 0 aromatic rings. The van der Waals surface area contributed by atoms with Crippen LogP contribution in [-0.4, -0.2) is 203 Å². The van der Waals surface area contributed by atoms with Gasteiger partial charge in [-0.3, -0.25) is 0 Å². The molecule has 9 rings (SSSR count). The van der Waals surface area contributed by atoms with Crippen molar-refractivity contribution in [1.29, 1.82) is 0 Å². The van der Waals surface area contributed by atoms with Gasteiger partial charge in [-0.25, -0.2) is 0 Å². The molecule has 0 radical (unpaired) electrons. The Labute approximate surface area is 386 Å². The number of rotatable bonds is 9. The molecule has 19 heteroatoms. The van der Waals surface area contributed by atoms with Gasteiger partial charge >= 0.3 is 0 Å². The smallest absolute Gasteiger partial charge is 0.187 e. The minimum atomic E-state index is -1.65. The molecule has 4 heterocycles. The number of hydrogen-bond acceptors (Lipinski definition) is 19. The first-order chi connectivity index (χ1) is 30.8. The van der Waals surface area contributed by atoms with E-state index in [0.717, 1.165) is 25.7 Å². The lowest BCUT2D eigenvalue weighted by molar-refractivity contribution is -0.345. The maximum Gasteiger partial charge on any atom is 0.187 e. The molecule has 9 fully saturated rings. The predicted molar refractivity (Wildman–Crippen MR) is 226 cm³/mol. The van der Waals surface area contributed by atoms with E-state index >= 15 is 0 Å². The summed E-state index contributed by atoms with van der Waals surface area (Å²) in [4.78, 5) is 0. The van der Waals surface area contributed by atoms with E-state index in [1.165, 1.54) is 0 Å². The molecule has 4 aliphatic heterocycles. The van der Waals surface area contributed by atoms with Gasteiger partial charge < -0.3 is 94.4 Å². The van der Waals surface area contributed by atoms with Crippen LogP contribution in [0.4, 0.5) is 0 Å². The van der Waals surface area contributed by atoms with Gasteiger partial charge in [-0.1, -0.05) is 27.7 Å². The van der Waals surface area contributed by atoms with Crippen LogP contribution < -0.4 is 0 Å². The van der Waals surface area contributed by atoms with E-state index in [2.05, 4.69) is 34.6 Å².